The van der Waals surface area contributed by atoms with Crippen LogP contribution in [0.5, 0.6) is 0 Å². The van der Waals surface area contributed by atoms with Gasteiger partial charge in [-0.05, 0) is 24.5 Å². The summed E-state index contributed by atoms with van der Waals surface area (Å²) in [7, 11) is -3.06. The number of benzene rings is 1. The standard InChI is InChI=1S/C17H22N2O4S/c1-13(20)18(15-8-11-24(22,23)12-15)10-7-17(21)19-9-6-14-4-2-3-5-16(14)19/h2-5,15H,6-12H2,1H3. The molecule has 24 heavy (non-hydrogen) atoms. The van der Waals surface area contributed by atoms with Crippen LogP contribution in [0.1, 0.15) is 25.3 Å². The molecule has 1 fully saturated rings. The summed E-state index contributed by atoms with van der Waals surface area (Å²) in [6.45, 7) is 2.36. The first kappa shape index (κ1) is 17.0. The summed E-state index contributed by atoms with van der Waals surface area (Å²) in [6, 6.07) is 7.53. The zero-order chi connectivity index (χ0) is 17.3. The Labute approximate surface area is 142 Å². The van der Waals surface area contributed by atoms with E-state index >= 15 is 0 Å². The van der Waals surface area contributed by atoms with Crippen LogP contribution >= 0.6 is 0 Å². The van der Waals surface area contributed by atoms with Crippen molar-refractivity contribution >= 4 is 27.3 Å². The van der Waals surface area contributed by atoms with Crippen molar-refractivity contribution in [1.29, 1.82) is 0 Å². The zero-order valence-corrected chi connectivity index (χ0v) is 14.6. The lowest BCUT2D eigenvalue weighted by atomic mass is 10.2. The van der Waals surface area contributed by atoms with Crippen LogP contribution in [-0.4, -0.2) is 55.8 Å². The monoisotopic (exact) mass is 350 g/mol. The topological polar surface area (TPSA) is 74.8 Å². The third-order valence-electron chi connectivity index (χ3n) is 4.81. The van der Waals surface area contributed by atoms with Gasteiger partial charge in [-0.1, -0.05) is 18.2 Å². The highest BCUT2D eigenvalue weighted by atomic mass is 32.2. The first-order valence-corrected chi connectivity index (χ1v) is 10.1. The van der Waals surface area contributed by atoms with Gasteiger partial charge >= 0.3 is 0 Å². The number of para-hydroxylation sites is 1. The molecule has 2 heterocycles. The van der Waals surface area contributed by atoms with E-state index in [-0.39, 0.29) is 42.3 Å². The Morgan fingerprint density at radius 1 is 1.29 bits per heavy atom. The second-order valence-corrected chi connectivity index (χ2v) is 8.67. The second-order valence-electron chi connectivity index (χ2n) is 6.44. The number of sulfone groups is 1. The molecule has 1 atom stereocenters. The fraction of sp³-hybridized carbons (Fsp3) is 0.529. The minimum absolute atomic E-state index is 0.00726. The molecule has 0 N–H and O–H groups in total. The number of hydrogen-bond donors (Lipinski definition) is 0. The minimum atomic E-state index is -3.06. The Morgan fingerprint density at radius 2 is 2.04 bits per heavy atom. The van der Waals surface area contributed by atoms with Crippen molar-refractivity contribution in [1.82, 2.24) is 4.90 Å². The molecule has 130 valence electrons. The van der Waals surface area contributed by atoms with Crippen LogP contribution < -0.4 is 4.90 Å². The average molecular weight is 350 g/mol. The molecule has 0 spiro atoms. The molecule has 6 nitrogen and oxygen atoms in total. The lowest BCUT2D eigenvalue weighted by Gasteiger charge is -2.27. The highest BCUT2D eigenvalue weighted by Gasteiger charge is 2.34. The highest BCUT2D eigenvalue weighted by Crippen LogP contribution is 2.28. The summed E-state index contributed by atoms with van der Waals surface area (Å²) in [5.41, 5.74) is 2.11. The van der Waals surface area contributed by atoms with E-state index in [4.69, 9.17) is 0 Å². The lowest BCUT2D eigenvalue weighted by Crippen LogP contribution is -2.42. The summed E-state index contributed by atoms with van der Waals surface area (Å²) in [4.78, 5) is 27.7. The summed E-state index contributed by atoms with van der Waals surface area (Å²) < 4.78 is 23.3. The van der Waals surface area contributed by atoms with Gasteiger partial charge in [-0.3, -0.25) is 9.59 Å². The van der Waals surface area contributed by atoms with Gasteiger partial charge in [0.2, 0.25) is 11.8 Å². The van der Waals surface area contributed by atoms with Gasteiger partial charge in [-0.25, -0.2) is 8.42 Å². The summed E-state index contributed by atoms with van der Waals surface area (Å²) in [5, 5.41) is 0. The Morgan fingerprint density at radius 3 is 2.71 bits per heavy atom. The van der Waals surface area contributed by atoms with Crippen LogP contribution in [0.2, 0.25) is 0 Å². The van der Waals surface area contributed by atoms with Gasteiger partial charge in [0, 0.05) is 38.2 Å². The van der Waals surface area contributed by atoms with Crippen molar-refractivity contribution in [2.45, 2.75) is 32.2 Å². The van der Waals surface area contributed by atoms with Gasteiger partial charge in [0.25, 0.3) is 0 Å². The van der Waals surface area contributed by atoms with Crippen LogP contribution in [0, 0.1) is 0 Å². The molecule has 3 rings (SSSR count). The molecule has 1 saturated heterocycles. The number of rotatable bonds is 4. The maximum atomic E-state index is 12.5. The van der Waals surface area contributed by atoms with E-state index in [0.717, 1.165) is 17.7 Å². The first-order valence-electron chi connectivity index (χ1n) is 8.23. The average Bonchev–Trinajstić information content (AvgIpc) is 3.10. The first-order chi connectivity index (χ1) is 11.4. The zero-order valence-electron chi connectivity index (χ0n) is 13.8. The summed E-state index contributed by atoms with van der Waals surface area (Å²) in [6.07, 6.45) is 1.52. The number of nitrogens with zero attached hydrogens (tertiary/aromatic N) is 2. The van der Waals surface area contributed by atoms with E-state index < -0.39 is 9.84 Å². The van der Waals surface area contributed by atoms with E-state index in [1.165, 1.54) is 6.92 Å². The quantitative estimate of drug-likeness (QED) is 0.812. The molecule has 2 aliphatic rings. The van der Waals surface area contributed by atoms with Gasteiger partial charge in [-0.2, -0.15) is 0 Å². The SMILES string of the molecule is CC(=O)N(CCC(=O)N1CCc2ccccc21)C1CCS(=O)(=O)C1. The smallest absolute Gasteiger partial charge is 0.228 e. The second kappa shape index (κ2) is 6.55. The fourth-order valence-corrected chi connectivity index (χ4v) is 5.30. The molecular weight excluding hydrogens is 328 g/mol. The fourth-order valence-electron chi connectivity index (χ4n) is 3.57. The molecule has 1 aromatic rings. The maximum Gasteiger partial charge on any atom is 0.228 e. The maximum absolute atomic E-state index is 12.5. The van der Waals surface area contributed by atoms with Gasteiger partial charge in [-0.15, -0.1) is 0 Å². The highest BCUT2D eigenvalue weighted by molar-refractivity contribution is 7.91. The predicted octanol–water partition coefficient (Wildman–Crippen LogP) is 1.00. The van der Waals surface area contributed by atoms with E-state index in [1.807, 2.05) is 24.3 Å². The van der Waals surface area contributed by atoms with Crippen LogP contribution in [0.15, 0.2) is 24.3 Å². The van der Waals surface area contributed by atoms with Gasteiger partial charge in [0.05, 0.1) is 11.5 Å². The number of carbonyl (C=O) groups excluding carboxylic acids is 2. The Hall–Kier alpha value is -1.89. The molecule has 1 unspecified atom stereocenters. The van der Waals surface area contributed by atoms with Gasteiger partial charge < -0.3 is 9.80 Å². The number of amides is 2. The van der Waals surface area contributed by atoms with Crippen LogP contribution in [0.4, 0.5) is 5.69 Å². The Bertz CT molecular complexity index is 760. The predicted molar refractivity (Wildman–Crippen MR) is 91.6 cm³/mol. The molecule has 0 bridgehead atoms. The van der Waals surface area contributed by atoms with Crippen LogP contribution in [0.3, 0.4) is 0 Å². The lowest BCUT2D eigenvalue weighted by molar-refractivity contribution is -0.131. The van der Waals surface area contributed by atoms with Crippen molar-refractivity contribution in [2.75, 3.05) is 29.5 Å². The van der Waals surface area contributed by atoms with Crippen LogP contribution in [0.25, 0.3) is 0 Å². The normalized spacial score (nSPS) is 21.5. The molecule has 2 amide bonds. The molecule has 0 saturated carbocycles. The van der Waals surface area contributed by atoms with Crippen molar-refractivity contribution in [3.05, 3.63) is 29.8 Å². The van der Waals surface area contributed by atoms with Crippen LogP contribution in [-0.2, 0) is 25.8 Å². The Balaban J connectivity index is 1.63. The van der Waals surface area contributed by atoms with E-state index in [2.05, 4.69) is 0 Å². The number of carbonyl (C=O) groups is 2. The van der Waals surface area contributed by atoms with Crippen molar-refractivity contribution in [3.63, 3.8) is 0 Å². The summed E-state index contributed by atoms with van der Waals surface area (Å²) in [5.74, 6) is -0.0684. The van der Waals surface area contributed by atoms with E-state index in [9.17, 15) is 18.0 Å². The third kappa shape index (κ3) is 3.45. The molecule has 2 aliphatic heterocycles. The van der Waals surface area contributed by atoms with E-state index in [0.29, 0.717) is 13.0 Å². The number of anilines is 1. The summed E-state index contributed by atoms with van der Waals surface area (Å²) >= 11 is 0. The molecule has 1 aromatic carbocycles. The molecule has 7 heteroatoms. The molecular formula is C17H22N2O4S. The molecule has 0 radical (unpaired) electrons. The number of fused-ring (bicyclic) bond motifs is 1. The largest absolute Gasteiger partial charge is 0.338 e. The van der Waals surface area contributed by atoms with Crippen molar-refractivity contribution in [3.8, 4) is 0 Å². The Kier molecular flexibility index (Phi) is 4.62. The van der Waals surface area contributed by atoms with Crippen molar-refractivity contribution in [2.24, 2.45) is 0 Å². The minimum Gasteiger partial charge on any atom is -0.338 e. The number of hydrogen-bond acceptors (Lipinski definition) is 4. The van der Waals surface area contributed by atoms with Crippen molar-refractivity contribution < 1.29 is 18.0 Å². The van der Waals surface area contributed by atoms with Gasteiger partial charge in [0.15, 0.2) is 9.84 Å². The third-order valence-corrected chi connectivity index (χ3v) is 6.56. The molecule has 0 aromatic heterocycles. The van der Waals surface area contributed by atoms with Gasteiger partial charge in [0.1, 0.15) is 0 Å². The molecule has 0 aliphatic carbocycles. The van der Waals surface area contributed by atoms with E-state index in [1.54, 1.807) is 9.80 Å².